The number of halogens is 2. The van der Waals surface area contributed by atoms with Crippen LogP contribution in [-0.4, -0.2) is 43.2 Å². The average molecular weight is 399 g/mol. The zero-order valence-corrected chi connectivity index (χ0v) is 16.1. The molecule has 0 aromatic heterocycles. The van der Waals surface area contributed by atoms with E-state index < -0.39 is 29.9 Å². The number of thioether (sulfide) groups is 1. The van der Waals surface area contributed by atoms with E-state index >= 15 is 0 Å². The smallest absolute Gasteiger partial charge is 0.257 e. The number of rotatable bonds is 9. The minimum atomic E-state index is -0.816. The lowest BCUT2D eigenvalue weighted by Gasteiger charge is -2.15. The molecule has 26 heavy (non-hydrogen) atoms. The van der Waals surface area contributed by atoms with Crippen molar-refractivity contribution in [2.24, 2.45) is 0 Å². The highest BCUT2D eigenvalue weighted by Crippen LogP contribution is 2.29. The summed E-state index contributed by atoms with van der Waals surface area (Å²) in [5.41, 5.74) is 0. The second-order valence-electron chi connectivity index (χ2n) is 5.28. The second kappa shape index (κ2) is 10.4. The Labute approximate surface area is 160 Å². The van der Waals surface area contributed by atoms with Gasteiger partial charge in [0.25, 0.3) is 5.91 Å². The maximum absolute atomic E-state index is 14.0. The van der Waals surface area contributed by atoms with Crippen molar-refractivity contribution in [1.29, 1.82) is 0 Å². The molecule has 0 radical (unpaired) electrons. The molecule has 1 N–H and O–H groups in total. The molecule has 0 atom stereocenters. The molecule has 2 aromatic rings. The first-order chi connectivity index (χ1) is 12.5. The van der Waals surface area contributed by atoms with Crippen molar-refractivity contribution in [3.8, 4) is 5.75 Å². The van der Waals surface area contributed by atoms with E-state index in [1.807, 2.05) is 37.4 Å². The number of amides is 1. The van der Waals surface area contributed by atoms with Crippen molar-refractivity contribution < 1.29 is 18.3 Å². The van der Waals surface area contributed by atoms with Crippen LogP contribution in [0.25, 0.3) is 0 Å². The fraction of sp³-hybridized carbons (Fsp3) is 0.278. The fourth-order valence-corrected chi connectivity index (χ4v) is 3.88. The number of nitrogens with zero attached hydrogens (tertiary/aromatic N) is 1. The van der Waals surface area contributed by atoms with Gasteiger partial charge in [-0.05, 0) is 43.3 Å². The van der Waals surface area contributed by atoms with Crippen LogP contribution in [0.5, 0.6) is 5.75 Å². The molecule has 2 rings (SSSR count). The molecule has 140 valence electrons. The molecule has 0 bridgehead atoms. The van der Waals surface area contributed by atoms with E-state index in [2.05, 4.69) is 9.62 Å². The van der Waals surface area contributed by atoms with E-state index in [0.29, 0.717) is 10.6 Å². The Morgan fingerprint density at radius 3 is 2.42 bits per heavy atom. The van der Waals surface area contributed by atoms with Gasteiger partial charge in [-0.2, -0.15) is 0 Å². The molecule has 0 aliphatic carbocycles. The van der Waals surface area contributed by atoms with Crippen molar-refractivity contribution in [3.05, 3.63) is 54.1 Å². The maximum Gasteiger partial charge on any atom is 0.257 e. The van der Waals surface area contributed by atoms with Gasteiger partial charge in [0, 0.05) is 29.1 Å². The maximum atomic E-state index is 14.0. The number of likely N-dealkylation sites (N-methyl/N-ethyl adjacent to an activating group) is 1. The summed E-state index contributed by atoms with van der Waals surface area (Å²) in [6, 6.07) is 12.4. The molecule has 0 spiro atoms. The molecule has 0 heterocycles. The van der Waals surface area contributed by atoms with E-state index in [0.717, 1.165) is 11.4 Å². The van der Waals surface area contributed by atoms with Crippen molar-refractivity contribution in [3.63, 3.8) is 0 Å². The predicted molar refractivity (Wildman–Crippen MR) is 102 cm³/mol. The summed E-state index contributed by atoms with van der Waals surface area (Å²) in [7, 11) is 3.39. The minimum absolute atomic E-state index is 0.432. The van der Waals surface area contributed by atoms with Gasteiger partial charge in [0.2, 0.25) is 0 Å². The highest BCUT2D eigenvalue weighted by atomic mass is 32.2. The predicted octanol–water partition coefficient (Wildman–Crippen LogP) is 3.82. The first-order valence-electron chi connectivity index (χ1n) is 7.89. The van der Waals surface area contributed by atoms with E-state index in [-0.39, 0.29) is 0 Å². The number of hydrogen-bond donors (Lipinski definition) is 1. The topological polar surface area (TPSA) is 41.6 Å². The lowest BCUT2D eigenvalue weighted by Crippen LogP contribution is -2.25. The Bertz CT molecular complexity index is 709. The third kappa shape index (κ3) is 6.51. The second-order valence-corrected chi connectivity index (χ2v) is 7.73. The molecule has 2 aromatic carbocycles. The Morgan fingerprint density at radius 2 is 1.81 bits per heavy atom. The summed E-state index contributed by atoms with van der Waals surface area (Å²) in [6.45, 7) is 0.306. The number of carbonyl (C=O) groups is 1. The van der Waals surface area contributed by atoms with Gasteiger partial charge in [-0.1, -0.05) is 18.2 Å². The summed E-state index contributed by atoms with van der Waals surface area (Å²) >= 11 is 2.97. The fourth-order valence-electron chi connectivity index (χ4n) is 1.97. The molecule has 0 saturated heterocycles. The van der Waals surface area contributed by atoms with Crippen LogP contribution in [0.3, 0.4) is 0 Å². The van der Waals surface area contributed by atoms with Gasteiger partial charge < -0.3 is 10.1 Å². The van der Waals surface area contributed by atoms with Crippen LogP contribution >= 0.6 is 23.7 Å². The Balaban J connectivity index is 1.85. The van der Waals surface area contributed by atoms with Crippen LogP contribution in [-0.2, 0) is 4.79 Å². The van der Waals surface area contributed by atoms with Gasteiger partial charge in [0.15, 0.2) is 24.0 Å². The Kier molecular flexibility index (Phi) is 8.21. The zero-order valence-electron chi connectivity index (χ0n) is 14.5. The van der Waals surface area contributed by atoms with Crippen molar-refractivity contribution in [1.82, 2.24) is 9.62 Å². The third-order valence-corrected chi connectivity index (χ3v) is 5.21. The minimum Gasteiger partial charge on any atom is -0.478 e. The summed E-state index contributed by atoms with van der Waals surface area (Å²) < 4.78 is 35.0. The molecular weight excluding hydrogens is 378 g/mol. The van der Waals surface area contributed by atoms with Gasteiger partial charge in [0.05, 0.1) is 0 Å². The first kappa shape index (κ1) is 20.5. The van der Waals surface area contributed by atoms with E-state index in [1.165, 1.54) is 30.9 Å². The quantitative estimate of drug-likeness (QED) is 0.514. The van der Waals surface area contributed by atoms with Gasteiger partial charge in [-0.3, -0.25) is 4.79 Å². The molecule has 0 fully saturated rings. The van der Waals surface area contributed by atoms with Crippen LogP contribution in [0.2, 0.25) is 0 Å². The lowest BCUT2D eigenvalue weighted by molar-refractivity contribution is -0.122. The third-order valence-electron chi connectivity index (χ3n) is 3.28. The van der Waals surface area contributed by atoms with Crippen LogP contribution in [0.15, 0.2) is 52.3 Å². The molecule has 1 amide bonds. The van der Waals surface area contributed by atoms with Crippen molar-refractivity contribution in [2.45, 2.75) is 9.79 Å². The van der Waals surface area contributed by atoms with Crippen molar-refractivity contribution in [2.75, 3.05) is 33.0 Å². The molecule has 8 heteroatoms. The zero-order chi connectivity index (χ0) is 18.9. The molecule has 4 nitrogen and oxygen atoms in total. The van der Waals surface area contributed by atoms with Crippen LogP contribution in [0.4, 0.5) is 8.78 Å². The standard InChI is InChI=1S/C18H20F2N2O2S2/c1-21-17(23)12-24-18-15(19)10-14(11-16(18)20)25-9-8-22(2)26-13-6-4-3-5-7-13/h3-7,10-11H,8-9,12H2,1-2H3,(H,21,23). The molecule has 0 aliphatic rings. The van der Waals surface area contributed by atoms with E-state index in [4.69, 9.17) is 4.74 Å². The monoisotopic (exact) mass is 398 g/mol. The van der Waals surface area contributed by atoms with E-state index in [9.17, 15) is 13.6 Å². The molecule has 0 saturated carbocycles. The van der Waals surface area contributed by atoms with E-state index in [1.54, 1.807) is 11.9 Å². The molecule has 0 aliphatic heterocycles. The SMILES string of the molecule is CNC(=O)COc1c(F)cc(SCCN(C)Sc2ccccc2)cc1F. The van der Waals surface area contributed by atoms with Gasteiger partial charge in [-0.15, -0.1) is 11.8 Å². The van der Waals surface area contributed by atoms with Gasteiger partial charge in [0.1, 0.15) is 0 Å². The number of benzene rings is 2. The van der Waals surface area contributed by atoms with Gasteiger partial charge >= 0.3 is 0 Å². The molecule has 0 unspecified atom stereocenters. The summed E-state index contributed by atoms with van der Waals surface area (Å²) in [4.78, 5) is 12.7. The van der Waals surface area contributed by atoms with Crippen molar-refractivity contribution >= 4 is 29.6 Å². The van der Waals surface area contributed by atoms with Crippen LogP contribution in [0.1, 0.15) is 0 Å². The Morgan fingerprint density at radius 1 is 1.15 bits per heavy atom. The largest absolute Gasteiger partial charge is 0.478 e. The Hall–Kier alpha value is -1.77. The highest BCUT2D eigenvalue weighted by Gasteiger charge is 2.14. The van der Waals surface area contributed by atoms with Gasteiger partial charge in [-0.25, -0.2) is 13.1 Å². The molecular formula is C18H20F2N2O2S2. The average Bonchev–Trinajstić information content (AvgIpc) is 2.61. The number of nitrogens with one attached hydrogen (secondary N) is 1. The first-order valence-corrected chi connectivity index (χ1v) is 9.65. The summed E-state index contributed by atoms with van der Waals surface area (Å²) in [5, 5.41) is 2.32. The van der Waals surface area contributed by atoms with Crippen LogP contribution < -0.4 is 10.1 Å². The highest BCUT2D eigenvalue weighted by molar-refractivity contribution is 7.99. The number of hydrogen-bond acceptors (Lipinski definition) is 5. The normalized spacial score (nSPS) is 10.8. The number of carbonyl (C=O) groups excluding carboxylic acids is 1. The summed E-state index contributed by atoms with van der Waals surface area (Å²) in [6.07, 6.45) is 0. The summed E-state index contributed by atoms with van der Waals surface area (Å²) in [5.74, 6) is -1.95. The number of ether oxygens (including phenoxy) is 1. The lowest BCUT2D eigenvalue weighted by atomic mass is 10.3. The van der Waals surface area contributed by atoms with Crippen LogP contribution in [0, 0.1) is 11.6 Å².